The highest BCUT2D eigenvalue weighted by molar-refractivity contribution is 8.11. The SMILES string of the molecule is C/C=C\SC(C)C1CC=C(c2cnc(C3=C4C(=O)N(CC(CCCCCCCCCC)CCCCCCCCCCCC)C(c5ncc(-c6ccc(-c7cccs7)s6)s5)=C4C(=O)N3CC(CCCCCCCCCC)CCCCCCCCCCCC)s2)S1. The standard InChI is InChI=1S/C77H118N4O2S6/c1-7-12-16-20-24-28-30-34-38-42-47-61(45-40-36-32-26-22-18-14-9-3)58-80-72(74-78-56-68(88-74)66-51-50-63(86-66)60(6)84-54-11-5)70-71(77(80)83)73(75-79-57-69(89-75)67-53-52-65(87-67)64-49-44-55-85-64)81(76(70)82)59-62(46-41-37-33-27-23-19-15-10-4)48-43-39-35-31-29-25-21-17-13-8-2/h11,44,49,51-57,60-63H,7-10,12-43,45-48,50,58-59H2,1-6H3/b54-11-. The van der Waals surface area contributed by atoms with Gasteiger partial charge in [0.05, 0.1) is 32.3 Å². The molecule has 4 atom stereocenters. The van der Waals surface area contributed by atoms with Gasteiger partial charge in [-0.05, 0) is 79.9 Å². The smallest absolute Gasteiger partial charge is 0.261 e. The Bertz CT molecular complexity index is 2730. The van der Waals surface area contributed by atoms with Gasteiger partial charge in [0.2, 0.25) is 0 Å². The van der Waals surface area contributed by atoms with Crippen LogP contribution >= 0.6 is 68.9 Å². The summed E-state index contributed by atoms with van der Waals surface area (Å²) < 4.78 is 0. The van der Waals surface area contributed by atoms with E-state index in [0.29, 0.717) is 46.6 Å². The van der Waals surface area contributed by atoms with Crippen molar-refractivity contribution in [1.82, 2.24) is 19.8 Å². The molecule has 7 rings (SSSR count). The summed E-state index contributed by atoms with van der Waals surface area (Å²) in [6.45, 7) is 14.9. The van der Waals surface area contributed by atoms with E-state index in [-0.39, 0.29) is 11.8 Å². The molecule has 0 fully saturated rings. The topological polar surface area (TPSA) is 66.4 Å². The number of allylic oxidation sites excluding steroid dienone is 2. The summed E-state index contributed by atoms with van der Waals surface area (Å²) in [5.41, 5.74) is 2.67. The fourth-order valence-corrected chi connectivity index (χ4v) is 19.8. The van der Waals surface area contributed by atoms with Gasteiger partial charge in [0, 0.05) is 55.5 Å². The maximum Gasteiger partial charge on any atom is 0.261 e. The van der Waals surface area contributed by atoms with E-state index < -0.39 is 0 Å². The van der Waals surface area contributed by atoms with Gasteiger partial charge in [0.1, 0.15) is 10.0 Å². The summed E-state index contributed by atoms with van der Waals surface area (Å²) in [7, 11) is 0. The number of nitrogens with zero attached hydrogens (tertiary/aromatic N) is 4. The summed E-state index contributed by atoms with van der Waals surface area (Å²) in [5.74, 6) is 0.627. The number of carbonyl (C=O) groups is 2. The lowest BCUT2D eigenvalue weighted by Gasteiger charge is -2.29. The minimum atomic E-state index is -0.0203. The predicted molar refractivity (Wildman–Crippen MR) is 398 cm³/mol. The van der Waals surface area contributed by atoms with Crippen LogP contribution in [-0.2, 0) is 9.59 Å². The molecule has 0 bridgehead atoms. The average Bonchev–Trinajstić information content (AvgIpc) is 1.64. The number of hydrogen-bond donors (Lipinski definition) is 0. The van der Waals surface area contributed by atoms with E-state index in [4.69, 9.17) is 9.97 Å². The number of rotatable bonds is 52. The molecule has 0 aliphatic carbocycles. The molecule has 0 spiro atoms. The minimum Gasteiger partial charge on any atom is -0.304 e. The van der Waals surface area contributed by atoms with E-state index >= 15 is 9.59 Å². The molecule has 4 aromatic rings. The molecule has 0 aromatic carbocycles. The van der Waals surface area contributed by atoms with Gasteiger partial charge < -0.3 is 9.80 Å². The van der Waals surface area contributed by atoms with Crippen molar-refractivity contribution < 1.29 is 9.59 Å². The first-order chi connectivity index (χ1) is 43.8. The highest BCUT2D eigenvalue weighted by Crippen LogP contribution is 2.52. The van der Waals surface area contributed by atoms with Crippen molar-refractivity contribution in [1.29, 1.82) is 0 Å². The molecule has 6 nitrogen and oxygen atoms in total. The maximum absolute atomic E-state index is 16.3. The second-order valence-electron chi connectivity index (χ2n) is 26.5. The van der Waals surface area contributed by atoms with Gasteiger partial charge >= 0.3 is 0 Å². The van der Waals surface area contributed by atoms with Crippen LogP contribution < -0.4 is 0 Å². The molecule has 7 heterocycles. The molecular weight excluding hydrogens is 1210 g/mol. The molecule has 2 amide bonds. The third-order valence-corrected chi connectivity index (χ3v) is 26.4. The minimum absolute atomic E-state index is 0.0203. The van der Waals surface area contributed by atoms with Gasteiger partial charge in [0.15, 0.2) is 0 Å². The molecule has 4 aromatic heterocycles. The fraction of sp³-hybridized carbons (Fsp3) is 0.688. The summed E-state index contributed by atoms with van der Waals surface area (Å²) in [6, 6.07) is 8.79. The van der Waals surface area contributed by atoms with Crippen LogP contribution in [-0.4, -0.2) is 55.2 Å². The number of unbranched alkanes of at least 4 members (excludes halogenated alkanes) is 32. The number of fused-ring (bicyclic) bond motifs is 1. The summed E-state index contributed by atoms with van der Waals surface area (Å²) >= 11 is 10.8. The van der Waals surface area contributed by atoms with E-state index in [9.17, 15) is 0 Å². The van der Waals surface area contributed by atoms with Gasteiger partial charge in [-0.2, -0.15) is 0 Å². The Morgan fingerprint density at radius 1 is 0.494 bits per heavy atom. The molecule has 4 unspecified atom stereocenters. The first-order valence-electron chi connectivity index (χ1n) is 36.6. The highest BCUT2D eigenvalue weighted by atomic mass is 32.2. The number of thiazole rings is 2. The maximum atomic E-state index is 16.3. The van der Waals surface area contributed by atoms with Crippen molar-refractivity contribution in [3.05, 3.63) is 85.6 Å². The van der Waals surface area contributed by atoms with E-state index in [1.54, 1.807) is 45.3 Å². The molecule has 0 saturated carbocycles. The lowest BCUT2D eigenvalue weighted by Crippen LogP contribution is -2.35. The van der Waals surface area contributed by atoms with Crippen molar-refractivity contribution >= 4 is 97.0 Å². The van der Waals surface area contributed by atoms with Crippen LogP contribution in [0.15, 0.2) is 70.7 Å². The van der Waals surface area contributed by atoms with Gasteiger partial charge in [-0.15, -0.1) is 68.9 Å². The zero-order valence-corrected chi connectivity index (χ0v) is 61.4. The number of aromatic nitrogens is 2. The molecule has 494 valence electrons. The zero-order valence-electron chi connectivity index (χ0n) is 56.5. The second kappa shape index (κ2) is 43.3. The van der Waals surface area contributed by atoms with Crippen LogP contribution in [0.1, 0.15) is 320 Å². The molecule has 0 radical (unpaired) electrons. The highest BCUT2D eigenvalue weighted by Gasteiger charge is 2.51. The van der Waals surface area contributed by atoms with Gasteiger partial charge in [-0.1, -0.05) is 284 Å². The molecule has 3 aliphatic rings. The van der Waals surface area contributed by atoms with Gasteiger partial charge in [0.25, 0.3) is 11.8 Å². The number of thioether (sulfide) groups is 2. The number of carbonyl (C=O) groups excluding carboxylic acids is 2. The van der Waals surface area contributed by atoms with Crippen molar-refractivity contribution in [2.75, 3.05) is 13.1 Å². The van der Waals surface area contributed by atoms with Crippen LogP contribution in [0.25, 0.3) is 35.8 Å². The van der Waals surface area contributed by atoms with Crippen molar-refractivity contribution in [2.45, 2.75) is 315 Å². The van der Waals surface area contributed by atoms with E-state index in [1.807, 2.05) is 35.9 Å². The lowest BCUT2D eigenvalue weighted by atomic mass is 9.93. The molecule has 3 aliphatic heterocycles. The quantitative estimate of drug-likeness (QED) is 0.0411. The molecule has 12 heteroatoms. The van der Waals surface area contributed by atoms with Crippen molar-refractivity contribution in [3.63, 3.8) is 0 Å². The summed E-state index contributed by atoms with van der Waals surface area (Å²) in [6.07, 6.45) is 60.9. The molecule has 0 N–H and O–H groups in total. The number of thiophene rings is 2. The lowest BCUT2D eigenvalue weighted by molar-refractivity contribution is -0.124. The number of hydrogen-bond acceptors (Lipinski definition) is 10. The molecular formula is C77H118N4O2S6. The largest absolute Gasteiger partial charge is 0.304 e. The average molecular weight is 1320 g/mol. The number of amides is 2. The van der Waals surface area contributed by atoms with E-state index in [1.165, 1.54) is 251 Å². The van der Waals surface area contributed by atoms with Crippen LogP contribution in [0, 0.1) is 11.8 Å². The first kappa shape index (κ1) is 73.7. The Balaban J connectivity index is 1.23. The van der Waals surface area contributed by atoms with Crippen LogP contribution in [0.4, 0.5) is 0 Å². The van der Waals surface area contributed by atoms with Crippen molar-refractivity contribution in [3.8, 4) is 19.5 Å². The van der Waals surface area contributed by atoms with Crippen LogP contribution in [0.5, 0.6) is 0 Å². The van der Waals surface area contributed by atoms with E-state index in [2.05, 4.69) is 98.5 Å². The fourth-order valence-electron chi connectivity index (χ4n) is 13.6. The first-order valence-corrected chi connectivity index (χ1v) is 41.8. The Kier molecular flexibility index (Phi) is 35.8. The third kappa shape index (κ3) is 24.2. The third-order valence-electron chi connectivity index (χ3n) is 19.0. The summed E-state index contributed by atoms with van der Waals surface area (Å²) in [4.78, 5) is 54.5. The van der Waals surface area contributed by atoms with Crippen molar-refractivity contribution in [2.24, 2.45) is 11.8 Å². The Morgan fingerprint density at radius 2 is 0.876 bits per heavy atom. The normalized spacial score (nSPS) is 16.4. The summed E-state index contributed by atoms with van der Waals surface area (Å²) in [5, 5.41) is 6.92. The Labute approximate surface area is 567 Å². The molecule has 0 saturated heterocycles. The predicted octanol–water partition coefficient (Wildman–Crippen LogP) is 26.3. The van der Waals surface area contributed by atoms with E-state index in [0.717, 1.165) is 63.3 Å². The zero-order chi connectivity index (χ0) is 62.7. The van der Waals surface area contributed by atoms with Gasteiger partial charge in [-0.25, -0.2) is 9.97 Å². The van der Waals surface area contributed by atoms with Crippen LogP contribution in [0.2, 0.25) is 0 Å². The Hall–Kier alpha value is -2.74. The van der Waals surface area contributed by atoms with Crippen LogP contribution in [0.3, 0.4) is 0 Å². The Morgan fingerprint density at radius 3 is 1.27 bits per heavy atom. The molecule has 89 heavy (non-hydrogen) atoms. The monoisotopic (exact) mass is 1320 g/mol. The van der Waals surface area contributed by atoms with Gasteiger partial charge in [-0.3, -0.25) is 9.59 Å². The second-order valence-corrected chi connectivity index (χ2v) is 33.1.